The molecule has 26 heavy (non-hydrogen) atoms. The van der Waals surface area contributed by atoms with Crippen molar-refractivity contribution in [2.24, 2.45) is 5.92 Å². The number of carbonyl (C=O) groups excluding carboxylic acids is 1. The maximum absolute atomic E-state index is 12.7. The van der Waals surface area contributed by atoms with E-state index in [9.17, 15) is 9.90 Å². The Balaban J connectivity index is 1.76. The first kappa shape index (κ1) is 18.3. The van der Waals surface area contributed by atoms with E-state index in [1.54, 1.807) is 19.2 Å². The summed E-state index contributed by atoms with van der Waals surface area (Å²) in [5.74, 6) is 0.713. The van der Waals surface area contributed by atoms with Crippen molar-refractivity contribution in [3.05, 3.63) is 59.7 Å². The molecule has 0 atom stereocenters. The number of aliphatic hydroxyl groups is 1. The van der Waals surface area contributed by atoms with Crippen molar-refractivity contribution in [1.82, 2.24) is 0 Å². The molecule has 0 aromatic heterocycles. The Kier molecular flexibility index (Phi) is 6.12. The minimum atomic E-state index is -0.337. The number of esters is 1. The first-order valence-electron chi connectivity index (χ1n) is 8.96. The normalized spacial score (nSPS) is 14.9. The molecule has 3 rings (SSSR count). The lowest BCUT2D eigenvalue weighted by atomic mass is 9.97. The number of methoxy groups -OCH3 is 1. The van der Waals surface area contributed by atoms with Crippen LogP contribution in [0.25, 0.3) is 0 Å². The van der Waals surface area contributed by atoms with Crippen molar-refractivity contribution in [2.75, 3.05) is 31.7 Å². The van der Waals surface area contributed by atoms with E-state index in [1.807, 2.05) is 36.4 Å². The highest BCUT2D eigenvalue weighted by Gasteiger charge is 2.24. The summed E-state index contributed by atoms with van der Waals surface area (Å²) in [6, 6.07) is 15.1. The molecule has 1 aliphatic rings. The molecule has 0 saturated carbocycles. The second-order valence-electron chi connectivity index (χ2n) is 6.56. The van der Waals surface area contributed by atoms with Gasteiger partial charge in [-0.05, 0) is 36.5 Å². The van der Waals surface area contributed by atoms with Crippen LogP contribution in [0, 0.1) is 5.92 Å². The largest absolute Gasteiger partial charge is 0.497 e. The van der Waals surface area contributed by atoms with Crippen molar-refractivity contribution in [3.8, 4) is 5.75 Å². The van der Waals surface area contributed by atoms with Crippen LogP contribution in [0.2, 0.25) is 0 Å². The van der Waals surface area contributed by atoms with Crippen LogP contribution in [-0.2, 0) is 11.3 Å². The van der Waals surface area contributed by atoms with Gasteiger partial charge in [0, 0.05) is 25.8 Å². The SMILES string of the molecule is COc1ccc(C(=O)OCc2ccccc2)c(N2CCC(CO)CC2)c1. The molecule has 0 unspecified atom stereocenters. The van der Waals surface area contributed by atoms with Crippen LogP contribution < -0.4 is 9.64 Å². The zero-order chi connectivity index (χ0) is 18.4. The Morgan fingerprint density at radius 1 is 1.15 bits per heavy atom. The lowest BCUT2D eigenvalue weighted by molar-refractivity contribution is 0.0473. The molecule has 2 aromatic rings. The van der Waals surface area contributed by atoms with E-state index in [2.05, 4.69) is 4.90 Å². The highest BCUT2D eigenvalue weighted by atomic mass is 16.5. The Morgan fingerprint density at radius 2 is 1.88 bits per heavy atom. The molecule has 1 saturated heterocycles. The smallest absolute Gasteiger partial charge is 0.340 e. The van der Waals surface area contributed by atoms with E-state index >= 15 is 0 Å². The van der Waals surface area contributed by atoms with E-state index in [-0.39, 0.29) is 19.2 Å². The summed E-state index contributed by atoms with van der Waals surface area (Å²) in [7, 11) is 1.62. The molecule has 1 heterocycles. The Hall–Kier alpha value is -2.53. The fourth-order valence-electron chi connectivity index (χ4n) is 3.23. The summed E-state index contributed by atoms with van der Waals surface area (Å²) in [6.45, 7) is 2.07. The summed E-state index contributed by atoms with van der Waals surface area (Å²) in [4.78, 5) is 14.8. The molecule has 1 aliphatic heterocycles. The molecule has 0 aliphatic carbocycles. The molecule has 138 valence electrons. The summed E-state index contributed by atoms with van der Waals surface area (Å²) in [5, 5.41) is 9.34. The number of nitrogens with zero attached hydrogens (tertiary/aromatic N) is 1. The van der Waals surface area contributed by atoms with Crippen molar-refractivity contribution in [3.63, 3.8) is 0 Å². The van der Waals surface area contributed by atoms with Crippen molar-refractivity contribution in [1.29, 1.82) is 0 Å². The number of ether oxygens (including phenoxy) is 2. The van der Waals surface area contributed by atoms with Gasteiger partial charge in [-0.2, -0.15) is 0 Å². The van der Waals surface area contributed by atoms with E-state index in [0.29, 0.717) is 17.2 Å². The van der Waals surface area contributed by atoms with Gasteiger partial charge in [-0.1, -0.05) is 30.3 Å². The van der Waals surface area contributed by atoms with Crippen LogP contribution in [0.5, 0.6) is 5.75 Å². The molecule has 1 fully saturated rings. The topological polar surface area (TPSA) is 59.0 Å². The van der Waals surface area contributed by atoms with Crippen LogP contribution in [0.15, 0.2) is 48.5 Å². The second-order valence-corrected chi connectivity index (χ2v) is 6.56. The van der Waals surface area contributed by atoms with Crippen molar-refractivity contribution < 1.29 is 19.4 Å². The molecular formula is C21H25NO4. The van der Waals surface area contributed by atoms with Gasteiger partial charge in [0.1, 0.15) is 12.4 Å². The van der Waals surface area contributed by atoms with Gasteiger partial charge in [0.2, 0.25) is 0 Å². The fourth-order valence-corrected chi connectivity index (χ4v) is 3.23. The first-order chi connectivity index (χ1) is 12.7. The third-order valence-corrected chi connectivity index (χ3v) is 4.85. The highest BCUT2D eigenvalue weighted by Crippen LogP contribution is 2.30. The lowest BCUT2D eigenvalue weighted by Gasteiger charge is -2.34. The predicted octanol–water partition coefficient (Wildman–Crippen LogP) is 3.26. The Labute approximate surface area is 154 Å². The van der Waals surface area contributed by atoms with Gasteiger partial charge in [-0.3, -0.25) is 0 Å². The Morgan fingerprint density at radius 3 is 2.54 bits per heavy atom. The molecule has 1 N–H and O–H groups in total. The Bertz CT molecular complexity index is 724. The maximum Gasteiger partial charge on any atom is 0.340 e. The van der Waals surface area contributed by atoms with Gasteiger partial charge in [0.15, 0.2) is 0 Å². The van der Waals surface area contributed by atoms with Gasteiger partial charge in [0.25, 0.3) is 0 Å². The standard InChI is InChI=1S/C21H25NO4/c1-25-18-7-8-19(21(24)26-15-17-5-3-2-4-6-17)20(13-18)22-11-9-16(14-23)10-12-22/h2-8,13,16,23H,9-12,14-15H2,1H3. The van der Waals surface area contributed by atoms with Crippen LogP contribution in [0.3, 0.4) is 0 Å². The summed E-state index contributed by atoms with van der Waals surface area (Å²) >= 11 is 0. The summed E-state index contributed by atoms with van der Waals surface area (Å²) in [6.07, 6.45) is 1.82. The fraction of sp³-hybridized carbons (Fsp3) is 0.381. The van der Waals surface area contributed by atoms with E-state index in [1.165, 1.54) is 0 Å². The number of aliphatic hydroxyl groups excluding tert-OH is 1. The molecule has 0 amide bonds. The number of anilines is 1. The first-order valence-corrected chi connectivity index (χ1v) is 8.96. The molecule has 5 heteroatoms. The van der Waals surface area contributed by atoms with Crippen LogP contribution in [-0.4, -0.2) is 37.9 Å². The molecular weight excluding hydrogens is 330 g/mol. The monoisotopic (exact) mass is 355 g/mol. The van der Waals surface area contributed by atoms with E-state index in [0.717, 1.165) is 37.2 Å². The van der Waals surface area contributed by atoms with Gasteiger partial charge < -0.3 is 19.5 Å². The number of hydrogen-bond acceptors (Lipinski definition) is 5. The lowest BCUT2D eigenvalue weighted by Crippen LogP contribution is -2.35. The average Bonchev–Trinajstić information content (AvgIpc) is 2.72. The summed E-state index contributed by atoms with van der Waals surface area (Å²) < 4.78 is 10.8. The van der Waals surface area contributed by atoms with Gasteiger partial charge in [-0.15, -0.1) is 0 Å². The number of hydrogen-bond donors (Lipinski definition) is 1. The minimum absolute atomic E-state index is 0.220. The average molecular weight is 355 g/mol. The van der Waals surface area contributed by atoms with Crippen LogP contribution in [0.1, 0.15) is 28.8 Å². The zero-order valence-corrected chi connectivity index (χ0v) is 15.1. The van der Waals surface area contributed by atoms with E-state index < -0.39 is 0 Å². The second kappa shape index (κ2) is 8.72. The number of benzene rings is 2. The third-order valence-electron chi connectivity index (χ3n) is 4.85. The zero-order valence-electron chi connectivity index (χ0n) is 15.1. The third kappa shape index (κ3) is 4.35. The van der Waals surface area contributed by atoms with Crippen molar-refractivity contribution >= 4 is 11.7 Å². The highest BCUT2D eigenvalue weighted by molar-refractivity contribution is 5.96. The maximum atomic E-state index is 12.7. The van der Waals surface area contributed by atoms with Gasteiger partial charge in [0.05, 0.1) is 18.4 Å². The number of carbonyl (C=O) groups is 1. The predicted molar refractivity (Wildman–Crippen MR) is 101 cm³/mol. The molecule has 0 bridgehead atoms. The minimum Gasteiger partial charge on any atom is -0.497 e. The number of rotatable bonds is 6. The number of piperidine rings is 1. The van der Waals surface area contributed by atoms with Gasteiger partial charge in [-0.25, -0.2) is 4.79 Å². The van der Waals surface area contributed by atoms with Crippen LogP contribution >= 0.6 is 0 Å². The molecule has 2 aromatic carbocycles. The quantitative estimate of drug-likeness (QED) is 0.806. The van der Waals surface area contributed by atoms with Crippen molar-refractivity contribution in [2.45, 2.75) is 19.4 Å². The molecule has 0 radical (unpaired) electrons. The summed E-state index contributed by atoms with van der Waals surface area (Å²) in [5.41, 5.74) is 2.34. The van der Waals surface area contributed by atoms with E-state index in [4.69, 9.17) is 9.47 Å². The van der Waals surface area contributed by atoms with Gasteiger partial charge >= 0.3 is 5.97 Å². The molecule has 5 nitrogen and oxygen atoms in total. The molecule has 0 spiro atoms. The van der Waals surface area contributed by atoms with Crippen LogP contribution in [0.4, 0.5) is 5.69 Å².